The maximum absolute atomic E-state index is 12.1. The molecule has 1 N–H and O–H groups in total. The maximum Gasteiger partial charge on any atom is 0.239 e. The number of carbonyl (C=O) groups excluding carboxylic acids is 1. The molecule has 1 saturated heterocycles. The number of hydrogen-bond acceptors (Lipinski definition) is 3. The van der Waals surface area contributed by atoms with Gasteiger partial charge in [0.1, 0.15) is 0 Å². The minimum absolute atomic E-state index is 0.113. The Hall–Kier alpha value is -1.36. The van der Waals surface area contributed by atoms with E-state index in [4.69, 9.17) is 0 Å². The van der Waals surface area contributed by atoms with Crippen molar-refractivity contribution in [3.8, 4) is 0 Å². The smallest absolute Gasteiger partial charge is 0.239 e. The third kappa shape index (κ3) is 2.03. The number of nitrogens with zero attached hydrogens (tertiary/aromatic N) is 3. The number of nitrogens with one attached hydrogen (secondary N) is 1. The molecule has 1 fully saturated rings. The van der Waals surface area contributed by atoms with E-state index in [9.17, 15) is 4.79 Å². The molecule has 1 amide bonds. The van der Waals surface area contributed by atoms with Crippen LogP contribution in [0.3, 0.4) is 0 Å². The number of aromatic nitrogens is 2. The van der Waals surface area contributed by atoms with E-state index in [0.717, 1.165) is 25.9 Å². The summed E-state index contributed by atoms with van der Waals surface area (Å²) in [5, 5.41) is 7.04. The van der Waals surface area contributed by atoms with Crippen LogP contribution in [-0.4, -0.2) is 39.7 Å². The Balaban J connectivity index is 2.18. The topological polar surface area (TPSA) is 50.2 Å². The minimum atomic E-state index is -0.378. The van der Waals surface area contributed by atoms with Crippen LogP contribution >= 0.6 is 0 Å². The van der Waals surface area contributed by atoms with Crippen molar-refractivity contribution in [3.63, 3.8) is 0 Å². The van der Waals surface area contributed by atoms with Gasteiger partial charge in [-0.2, -0.15) is 5.10 Å². The average Bonchev–Trinajstić information content (AvgIpc) is 2.88. The lowest BCUT2D eigenvalue weighted by Crippen LogP contribution is -2.52. The number of carbonyl (C=O) groups is 1. The van der Waals surface area contributed by atoms with Gasteiger partial charge in [0.25, 0.3) is 0 Å². The highest BCUT2D eigenvalue weighted by Gasteiger charge is 2.42. The minimum Gasteiger partial charge on any atom is -0.358 e. The number of amides is 1. The van der Waals surface area contributed by atoms with Crippen molar-refractivity contribution in [1.82, 2.24) is 20.0 Å². The number of hydrogen-bond donors (Lipinski definition) is 1. The molecule has 0 spiro atoms. The highest BCUT2D eigenvalue weighted by Crippen LogP contribution is 2.31. The standard InChI is InChI=1S/C13H22N4O/c1-10-11(8-15-16(10)4)9-17-7-5-6-13(17,2)12(18)14-3/h8H,5-7,9H2,1-4H3,(H,14,18)/t13-/m0/s1. The molecule has 0 bridgehead atoms. The molecule has 0 radical (unpaired) electrons. The highest BCUT2D eigenvalue weighted by atomic mass is 16.2. The molecule has 5 heteroatoms. The van der Waals surface area contributed by atoms with E-state index in [2.05, 4.69) is 22.2 Å². The van der Waals surface area contributed by atoms with Crippen LogP contribution in [0.25, 0.3) is 0 Å². The quantitative estimate of drug-likeness (QED) is 0.864. The fourth-order valence-corrected chi connectivity index (χ4v) is 2.70. The SMILES string of the molecule is CNC(=O)[C@]1(C)CCCN1Cc1cnn(C)c1C. The number of likely N-dealkylation sites (N-methyl/N-ethyl adjacent to an activating group) is 1. The summed E-state index contributed by atoms with van der Waals surface area (Å²) >= 11 is 0. The van der Waals surface area contributed by atoms with Gasteiger partial charge in [-0.15, -0.1) is 0 Å². The Morgan fingerprint density at radius 1 is 1.61 bits per heavy atom. The first kappa shape index (κ1) is 13.1. The zero-order valence-electron chi connectivity index (χ0n) is 11.7. The van der Waals surface area contributed by atoms with E-state index in [1.165, 1.54) is 11.3 Å². The van der Waals surface area contributed by atoms with Crippen molar-refractivity contribution in [2.24, 2.45) is 7.05 Å². The molecule has 2 rings (SSSR count). The lowest BCUT2D eigenvalue weighted by molar-refractivity contribution is -0.130. The Morgan fingerprint density at radius 3 is 2.89 bits per heavy atom. The average molecular weight is 250 g/mol. The first-order valence-corrected chi connectivity index (χ1v) is 6.43. The van der Waals surface area contributed by atoms with E-state index in [0.29, 0.717) is 0 Å². The molecule has 18 heavy (non-hydrogen) atoms. The van der Waals surface area contributed by atoms with E-state index < -0.39 is 0 Å². The van der Waals surface area contributed by atoms with Gasteiger partial charge in [0, 0.05) is 31.9 Å². The van der Waals surface area contributed by atoms with Gasteiger partial charge >= 0.3 is 0 Å². The molecular weight excluding hydrogens is 228 g/mol. The van der Waals surface area contributed by atoms with Crippen LogP contribution in [0, 0.1) is 6.92 Å². The lowest BCUT2D eigenvalue weighted by atomic mass is 9.97. The highest BCUT2D eigenvalue weighted by molar-refractivity contribution is 5.85. The maximum atomic E-state index is 12.1. The second kappa shape index (κ2) is 4.72. The van der Waals surface area contributed by atoms with Gasteiger partial charge in [0.15, 0.2) is 0 Å². The van der Waals surface area contributed by atoms with Crippen LogP contribution in [0.2, 0.25) is 0 Å². The second-order valence-electron chi connectivity index (χ2n) is 5.26. The fourth-order valence-electron chi connectivity index (χ4n) is 2.70. The van der Waals surface area contributed by atoms with Gasteiger partial charge in [-0.1, -0.05) is 0 Å². The largest absolute Gasteiger partial charge is 0.358 e. The molecule has 5 nitrogen and oxygen atoms in total. The predicted molar refractivity (Wildman–Crippen MR) is 70.1 cm³/mol. The van der Waals surface area contributed by atoms with Crippen LogP contribution < -0.4 is 5.32 Å². The van der Waals surface area contributed by atoms with Crippen molar-refractivity contribution < 1.29 is 4.79 Å². The fraction of sp³-hybridized carbons (Fsp3) is 0.692. The molecule has 1 aromatic heterocycles. The number of aryl methyl sites for hydroxylation is 1. The summed E-state index contributed by atoms with van der Waals surface area (Å²) in [6.07, 6.45) is 3.90. The zero-order valence-corrected chi connectivity index (χ0v) is 11.7. The summed E-state index contributed by atoms with van der Waals surface area (Å²) in [4.78, 5) is 14.3. The first-order chi connectivity index (χ1) is 8.49. The van der Waals surface area contributed by atoms with E-state index in [1.807, 2.05) is 24.9 Å². The lowest BCUT2D eigenvalue weighted by Gasteiger charge is -2.33. The molecular formula is C13H22N4O. The van der Waals surface area contributed by atoms with Gasteiger partial charge in [-0.05, 0) is 33.2 Å². The van der Waals surface area contributed by atoms with Gasteiger partial charge in [0.2, 0.25) is 5.91 Å². The molecule has 2 heterocycles. The van der Waals surface area contributed by atoms with Crippen LogP contribution in [-0.2, 0) is 18.4 Å². The summed E-state index contributed by atoms with van der Waals surface area (Å²) < 4.78 is 1.88. The summed E-state index contributed by atoms with van der Waals surface area (Å²) in [6, 6.07) is 0. The molecule has 0 aromatic carbocycles. The summed E-state index contributed by atoms with van der Waals surface area (Å²) in [5.74, 6) is 0.113. The van der Waals surface area contributed by atoms with Crippen molar-refractivity contribution in [2.75, 3.05) is 13.6 Å². The van der Waals surface area contributed by atoms with E-state index in [1.54, 1.807) is 7.05 Å². The van der Waals surface area contributed by atoms with Gasteiger partial charge in [-0.3, -0.25) is 14.4 Å². The Bertz CT molecular complexity index is 454. The zero-order chi connectivity index (χ0) is 13.3. The molecule has 0 unspecified atom stereocenters. The molecule has 1 atom stereocenters. The first-order valence-electron chi connectivity index (χ1n) is 6.43. The van der Waals surface area contributed by atoms with Crippen molar-refractivity contribution in [3.05, 3.63) is 17.5 Å². The second-order valence-corrected chi connectivity index (χ2v) is 5.26. The monoisotopic (exact) mass is 250 g/mol. The van der Waals surface area contributed by atoms with Crippen LogP contribution in [0.15, 0.2) is 6.20 Å². The Labute approximate surface area is 108 Å². The Morgan fingerprint density at radius 2 is 2.33 bits per heavy atom. The molecule has 100 valence electrons. The molecule has 0 saturated carbocycles. The van der Waals surface area contributed by atoms with Crippen LogP contribution in [0.5, 0.6) is 0 Å². The number of rotatable bonds is 3. The molecule has 1 aliphatic rings. The molecule has 0 aliphatic carbocycles. The predicted octanol–water partition coefficient (Wildman–Crippen LogP) is 0.829. The summed E-state index contributed by atoms with van der Waals surface area (Å²) in [7, 11) is 3.65. The van der Waals surface area contributed by atoms with E-state index >= 15 is 0 Å². The third-order valence-electron chi connectivity index (χ3n) is 4.20. The van der Waals surface area contributed by atoms with Crippen molar-refractivity contribution in [2.45, 2.75) is 38.8 Å². The van der Waals surface area contributed by atoms with Crippen LogP contribution in [0.4, 0.5) is 0 Å². The van der Waals surface area contributed by atoms with E-state index in [-0.39, 0.29) is 11.4 Å². The third-order valence-corrected chi connectivity index (χ3v) is 4.20. The normalized spacial score (nSPS) is 24.4. The Kier molecular flexibility index (Phi) is 3.43. The van der Waals surface area contributed by atoms with Crippen molar-refractivity contribution >= 4 is 5.91 Å². The number of likely N-dealkylation sites (tertiary alicyclic amines) is 1. The summed E-state index contributed by atoms with van der Waals surface area (Å²) in [6.45, 7) is 5.86. The van der Waals surface area contributed by atoms with Crippen LogP contribution in [0.1, 0.15) is 31.0 Å². The molecule has 1 aliphatic heterocycles. The van der Waals surface area contributed by atoms with Gasteiger partial charge in [0.05, 0.1) is 11.7 Å². The van der Waals surface area contributed by atoms with Gasteiger partial charge < -0.3 is 5.32 Å². The van der Waals surface area contributed by atoms with Crippen molar-refractivity contribution in [1.29, 1.82) is 0 Å². The van der Waals surface area contributed by atoms with Gasteiger partial charge in [-0.25, -0.2) is 0 Å². The molecule has 1 aromatic rings. The summed E-state index contributed by atoms with van der Waals surface area (Å²) in [5.41, 5.74) is 1.99.